The van der Waals surface area contributed by atoms with E-state index >= 15 is 0 Å². The number of fused-ring (bicyclic) bond motifs is 1. The highest BCUT2D eigenvalue weighted by atomic mass is 16.7. The van der Waals surface area contributed by atoms with Crippen molar-refractivity contribution in [2.45, 2.75) is 33.1 Å². The fourth-order valence-corrected chi connectivity index (χ4v) is 2.81. The van der Waals surface area contributed by atoms with Crippen LogP contribution >= 0.6 is 0 Å². The maximum absolute atomic E-state index is 5.96. The van der Waals surface area contributed by atoms with E-state index in [1.807, 2.05) is 31.2 Å². The monoisotopic (exact) mass is 328 g/mol. The zero-order valence-electron chi connectivity index (χ0n) is 14.5. The molecule has 4 heteroatoms. The molecule has 0 radical (unpaired) electrons. The van der Waals surface area contributed by atoms with Gasteiger partial charge in [-0.15, -0.1) is 0 Å². The quantitative estimate of drug-likeness (QED) is 0.734. The fourth-order valence-electron chi connectivity index (χ4n) is 2.81. The summed E-state index contributed by atoms with van der Waals surface area (Å²) in [5.41, 5.74) is 2.32. The Bertz CT molecular complexity index is 679. The Morgan fingerprint density at radius 1 is 1.00 bits per heavy atom. The Morgan fingerprint density at radius 3 is 2.38 bits per heavy atom. The lowest BCUT2D eigenvalue weighted by Gasteiger charge is -2.18. The maximum atomic E-state index is 5.96. The zero-order valence-corrected chi connectivity index (χ0v) is 14.5. The van der Waals surface area contributed by atoms with Crippen LogP contribution < -0.4 is 18.9 Å². The van der Waals surface area contributed by atoms with Crippen molar-refractivity contribution < 1.29 is 18.9 Å². The Morgan fingerprint density at radius 2 is 1.71 bits per heavy atom. The van der Waals surface area contributed by atoms with Crippen molar-refractivity contribution in [2.24, 2.45) is 0 Å². The summed E-state index contributed by atoms with van der Waals surface area (Å²) in [6, 6.07) is 12.2. The largest absolute Gasteiger partial charge is 0.494 e. The predicted octanol–water partition coefficient (Wildman–Crippen LogP) is 4.75. The molecular formula is C20H24O4. The van der Waals surface area contributed by atoms with Gasteiger partial charge in [-0.05, 0) is 37.1 Å². The fraction of sp³-hybridized carbons (Fsp3) is 0.400. The predicted molar refractivity (Wildman–Crippen MR) is 93.5 cm³/mol. The third-order valence-corrected chi connectivity index (χ3v) is 4.12. The molecular weight excluding hydrogens is 304 g/mol. The third kappa shape index (κ3) is 3.42. The van der Waals surface area contributed by atoms with E-state index in [4.69, 9.17) is 18.9 Å². The Balaban J connectivity index is 1.91. The van der Waals surface area contributed by atoms with Gasteiger partial charge in [-0.2, -0.15) is 0 Å². The summed E-state index contributed by atoms with van der Waals surface area (Å²) in [5, 5.41) is 0. The Hall–Kier alpha value is -2.36. The van der Waals surface area contributed by atoms with Crippen LogP contribution in [0.2, 0.25) is 0 Å². The van der Waals surface area contributed by atoms with Gasteiger partial charge in [0.15, 0.2) is 11.5 Å². The van der Waals surface area contributed by atoms with Crippen LogP contribution in [0.1, 0.15) is 44.2 Å². The molecule has 2 aromatic carbocycles. The topological polar surface area (TPSA) is 36.9 Å². The highest BCUT2D eigenvalue weighted by Crippen LogP contribution is 2.42. The van der Waals surface area contributed by atoms with Crippen LogP contribution in [0.25, 0.3) is 0 Å². The molecule has 4 nitrogen and oxygen atoms in total. The van der Waals surface area contributed by atoms with Gasteiger partial charge in [-0.1, -0.05) is 26.0 Å². The lowest BCUT2D eigenvalue weighted by molar-refractivity contribution is 0.173. The van der Waals surface area contributed by atoms with Crippen molar-refractivity contribution in [1.29, 1.82) is 0 Å². The van der Waals surface area contributed by atoms with Crippen LogP contribution in [0, 0.1) is 0 Å². The summed E-state index contributed by atoms with van der Waals surface area (Å²) in [7, 11) is 0. The van der Waals surface area contributed by atoms with Crippen LogP contribution in [-0.2, 0) is 0 Å². The number of hydrogen-bond donors (Lipinski definition) is 0. The van der Waals surface area contributed by atoms with Crippen molar-refractivity contribution in [2.75, 3.05) is 20.0 Å². The first-order valence-corrected chi connectivity index (χ1v) is 8.52. The van der Waals surface area contributed by atoms with E-state index in [1.165, 1.54) is 5.56 Å². The molecule has 1 heterocycles. The molecule has 0 aliphatic carbocycles. The van der Waals surface area contributed by atoms with Crippen molar-refractivity contribution in [3.05, 3.63) is 47.5 Å². The molecule has 0 spiro atoms. The molecule has 0 N–H and O–H groups in total. The molecule has 0 fully saturated rings. The van der Waals surface area contributed by atoms with E-state index in [-0.39, 0.29) is 12.7 Å². The lowest BCUT2D eigenvalue weighted by atomic mass is 9.92. The average Bonchev–Trinajstić information content (AvgIpc) is 3.07. The van der Waals surface area contributed by atoms with Gasteiger partial charge in [0.05, 0.1) is 13.2 Å². The van der Waals surface area contributed by atoms with Crippen molar-refractivity contribution in [3.63, 3.8) is 0 Å². The van der Waals surface area contributed by atoms with Gasteiger partial charge in [0.2, 0.25) is 6.79 Å². The first-order valence-electron chi connectivity index (χ1n) is 8.52. The van der Waals surface area contributed by atoms with Gasteiger partial charge >= 0.3 is 0 Å². The third-order valence-electron chi connectivity index (χ3n) is 4.12. The van der Waals surface area contributed by atoms with E-state index in [1.54, 1.807) is 0 Å². The van der Waals surface area contributed by atoms with Gasteiger partial charge in [0.25, 0.3) is 0 Å². The van der Waals surface area contributed by atoms with E-state index < -0.39 is 0 Å². The molecule has 1 aliphatic rings. The second-order valence-electron chi connectivity index (χ2n) is 5.82. The summed E-state index contributed by atoms with van der Waals surface area (Å²) < 4.78 is 22.5. The van der Waals surface area contributed by atoms with E-state index in [0.717, 1.165) is 35.0 Å². The van der Waals surface area contributed by atoms with Crippen LogP contribution in [-0.4, -0.2) is 20.0 Å². The van der Waals surface area contributed by atoms with Gasteiger partial charge in [-0.25, -0.2) is 0 Å². The number of ether oxygens (including phenoxy) is 4. The molecule has 1 atom stereocenters. The summed E-state index contributed by atoms with van der Waals surface area (Å²) in [6.07, 6.45) is 0.964. The summed E-state index contributed by atoms with van der Waals surface area (Å²) in [5.74, 6) is 3.47. The smallest absolute Gasteiger partial charge is 0.231 e. The molecule has 0 amide bonds. The molecule has 1 unspecified atom stereocenters. The van der Waals surface area contributed by atoms with Crippen LogP contribution in [0.3, 0.4) is 0 Å². The molecule has 2 aromatic rings. The second kappa shape index (κ2) is 7.47. The summed E-state index contributed by atoms with van der Waals surface area (Å²) in [4.78, 5) is 0. The number of rotatable bonds is 7. The molecule has 0 saturated heterocycles. The molecule has 1 aliphatic heterocycles. The SMILES string of the molecule is CCCOc1cc2c(cc1C(C)c1ccc(OCC)cc1)OCO2. The van der Waals surface area contributed by atoms with Gasteiger partial charge < -0.3 is 18.9 Å². The lowest BCUT2D eigenvalue weighted by Crippen LogP contribution is -2.03. The minimum absolute atomic E-state index is 0.182. The highest BCUT2D eigenvalue weighted by molar-refractivity contribution is 5.54. The molecule has 128 valence electrons. The number of hydrogen-bond acceptors (Lipinski definition) is 4. The van der Waals surface area contributed by atoms with E-state index in [9.17, 15) is 0 Å². The molecule has 0 aromatic heterocycles. The second-order valence-corrected chi connectivity index (χ2v) is 5.82. The van der Waals surface area contributed by atoms with Crippen molar-refractivity contribution in [1.82, 2.24) is 0 Å². The Kier molecular flexibility index (Phi) is 5.14. The van der Waals surface area contributed by atoms with Crippen molar-refractivity contribution >= 4 is 0 Å². The molecule has 3 rings (SSSR count). The van der Waals surface area contributed by atoms with Crippen LogP contribution in [0.15, 0.2) is 36.4 Å². The van der Waals surface area contributed by atoms with Crippen LogP contribution in [0.4, 0.5) is 0 Å². The normalized spacial score (nSPS) is 13.6. The van der Waals surface area contributed by atoms with Crippen molar-refractivity contribution in [3.8, 4) is 23.0 Å². The number of benzene rings is 2. The highest BCUT2D eigenvalue weighted by Gasteiger charge is 2.22. The first-order chi connectivity index (χ1) is 11.7. The molecule has 0 saturated carbocycles. The minimum atomic E-state index is 0.182. The van der Waals surface area contributed by atoms with Gasteiger partial charge in [0.1, 0.15) is 11.5 Å². The minimum Gasteiger partial charge on any atom is -0.494 e. The zero-order chi connectivity index (χ0) is 16.9. The maximum Gasteiger partial charge on any atom is 0.231 e. The molecule has 24 heavy (non-hydrogen) atoms. The van der Waals surface area contributed by atoms with Gasteiger partial charge in [-0.3, -0.25) is 0 Å². The van der Waals surface area contributed by atoms with E-state index in [0.29, 0.717) is 13.2 Å². The van der Waals surface area contributed by atoms with Crippen LogP contribution in [0.5, 0.6) is 23.0 Å². The first kappa shape index (κ1) is 16.5. The Labute approximate surface area is 143 Å². The standard InChI is InChI=1S/C20H24O4/c1-4-10-22-18-12-20-19(23-13-24-20)11-17(18)14(3)15-6-8-16(9-7-15)21-5-2/h6-9,11-12,14H,4-5,10,13H2,1-3H3. The summed E-state index contributed by atoms with van der Waals surface area (Å²) >= 11 is 0. The van der Waals surface area contributed by atoms with Gasteiger partial charge in [0, 0.05) is 17.5 Å². The molecule has 0 bridgehead atoms. The summed E-state index contributed by atoms with van der Waals surface area (Å²) in [6.45, 7) is 7.88. The average molecular weight is 328 g/mol. The van der Waals surface area contributed by atoms with E-state index in [2.05, 4.69) is 26.0 Å².